The minimum Gasteiger partial charge on any atom is -0.310 e. The Hall–Kier alpha value is -0.340. The summed E-state index contributed by atoms with van der Waals surface area (Å²) in [4.78, 5) is 0. The topological polar surface area (TPSA) is 12.0 Å². The minimum atomic E-state index is 0.505. The van der Waals surface area contributed by atoms with Crippen molar-refractivity contribution in [3.63, 3.8) is 0 Å². The maximum absolute atomic E-state index is 3.52. The van der Waals surface area contributed by atoms with Gasteiger partial charge in [-0.3, -0.25) is 0 Å². The highest BCUT2D eigenvalue weighted by Gasteiger charge is 2.04. The van der Waals surface area contributed by atoms with E-state index in [1.807, 2.05) is 0 Å². The van der Waals surface area contributed by atoms with Crippen LogP contribution in [0.2, 0.25) is 0 Å². The van der Waals surface area contributed by atoms with Gasteiger partial charge in [-0.2, -0.15) is 11.3 Å². The third-order valence-corrected chi connectivity index (χ3v) is 2.92. The molecule has 1 aromatic heterocycles. The molecule has 0 bridgehead atoms. The van der Waals surface area contributed by atoms with E-state index >= 15 is 0 Å². The summed E-state index contributed by atoms with van der Waals surface area (Å²) in [5, 5.41) is 7.87. The molecule has 1 rings (SSSR count). The fraction of sp³-hybridized carbons (Fsp3) is 0.636. The molecule has 0 aromatic carbocycles. The zero-order valence-corrected chi connectivity index (χ0v) is 9.53. The number of hydrogen-bond acceptors (Lipinski definition) is 2. The minimum absolute atomic E-state index is 0.505. The van der Waals surface area contributed by atoms with Crippen LogP contribution in [-0.2, 0) is 0 Å². The van der Waals surface area contributed by atoms with Gasteiger partial charge < -0.3 is 5.32 Å². The summed E-state index contributed by atoms with van der Waals surface area (Å²) in [6.07, 6.45) is 1.26. The van der Waals surface area contributed by atoms with Crippen LogP contribution in [0.1, 0.15) is 38.8 Å². The van der Waals surface area contributed by atoms with Crippen molar-refractivity contribution in [3.05, 3.63) is 22.4 Å². The molecule has 0 aliphatic rings. The van der Waals surface area contributed by atoms with E-state index in [1.54, 1.807) is 11.3 Å². The summed E-state index contributed by atoms with van der Waals surface area (Å²) in [5.74, 6) is 0.794. The molecule has 1 atom stereocenters. The van der Waals surface area contributed by atoms with Gasteiger partial charge in [0.25, 0.3) is 0 Å². The van der Waals surface area contributed by atoms with Gasteiger partial charge in [0.1, 0.15) is 0 Å². The van der Waals surface area contributed by atoms with Crippen LogP contribution in [0.25, 0.3) is 0 Å². The van der Waals surface area contributed by atoms with Gasteiger partial charge in [-0.1, -0.05) is 13.8 Å². The second kappa shape index (κ2) is 5.40. The Balaban J connectivity index is 2.22. The Morgan fingerprint density at radius 2 is 2.15 bits per heavy atom. The Kier molecular flexibility index (Phi) is 4.46. The second-order valence-corrected chi connectivity index (χ2v) is 4.70. The first kappa shape index (κ1) is 10.7. The molecule has 1 heterocycles. The zero-order valence-electron chi connectivity index (χ0n) is 8.71. The van der Waals surface area contributed by atoms with Crippen molar-refractivity contribution in [3.8, 4) is 0 Å². The third kappa shape index (κ3) is 3.92. The SMILES string of the molecule is CC(C)CCNC(C)c1ccsc1. The van der Waals surface area contributed by atoms with E-state index in [2.05, 4.69) is 42.9 Å². The quantitative estimate of drug-likeness (QED) is 0.762. The summed E-state index contributed by atoms with van der Waals surface area (Å²) in [5.41, 5.74) is 1.41. The molecule has 0 amide bonds. The van der Waals surface area contributed by atoms with Crippen LogP contribution in [0, 0.1) is 5.92 Å². The smallest absolute Gasteiger partial charge is 0.0300 e. The average molecular weight is 197 g/mol. The third-order valence-electron chi connectivity index (χ3n) is 2.22. The molecule has 1 aromatic rings. The van der Waals surface area contributed by atoms with Crippen molar-refractivity contribution in [2.45, 2.75) is 33.2 Å². The van der Waals surface area contributed by atoms with Crippen molar-refractivity contribution in [2.24, 2.45) is 5.92 Å². The van der Waals surface area contributed by atoms with Gasteiger partial charge in [0.15, 0.2) is 0 Å². The van der Waals surface area contributed by atoms with E-state index in [1.165, 1.54) is 12.0 Å². The normalized spacial score (nSPS) is 13.5. The molecule has 1 nitrogen and oxygen atoms in total. The standard InChI is InChI=1S/C11H19NS/c1-9(2)4-6-12-10(3)11-5-7-13-8-11/h5,7-10,12H,4,6H2,1-3H3. The highest BCUT2D eigenvalue weighted by molar-refractivity contribution is 7.07. The first-order valence-corrected chi connectivity index (χ1v) is 5.90. The van der Waals surface area contributed by atoms with Gasteiger partial charge in [-0.25, -0.2) is 0 Å². The van der Waals surface area contributed by atoms with Crippen molar-refractivity contribution in [2.75, 3.05) is 6.54 Å². The van der Waals surface area contributed by atoms with Crippen LogP contribution in [0.4, 0.5) is 0 Å². The summed E-state index contributed by atoms with van der Waals surface area (Å²) < 4.78 is 0. The summed E-state index contributed by atoms with van der Waals surface area (Å²) in [7, 11) is 0. The Bertz CT molecular complexity index is 216. The lowest BCUT2D eigenvalue weighted by Gasteiger charge is -2.13. The summed E-state index contributed by atoms with van der Waals surface area (Å²) >= 11 is 1.77. The lowest BCUT2D eigenvalue weighted by atomic mass is 10.1. The number of hydrogen-bond donors (Lipinski definition) is 1. The maximum atomic E-state index is 3.52. The molecule has 0 radical (unpaired) electrons. The van der Waals surface area contributed by atoms with Gasteiger partial charge in [0, 0.05) is 6.04 Å². The molecular weight excluding hydrogens is 178 g/mol. The first-order valence-electron chi connectivity index (χ1n) is 4.95. The van der Waals surface area contributed by atoms with Gasteiger partial charge in [-0.15, -0.1) is 0 Å². The molecule has 74 valence electrons. The van der Waals surface area contributed by atoms with E-state index in [0.717, 1.165) is 12.5 Å². The lowest BCUT2D eigenvalue weighted by molar-refractivity contribution is 0.498. The molecule has 13 heavy (non-hydrogen) atoms. The molecule has 0 saturated heterocycles. The largest absolute Gasteiger partial charge is 0.310 e. The number of nitrogens with one attached hydrogen (secondary N) is 1. The number of rotatable bonds is 5. The van der Waals surface area contributed by atoms with Crippen molar-refractivity contribution < 1.29 is 0 Å². The van der Waals surface area contributed by atoms with Crippen LogP contribution in [0.3, 0.4) is 0 Å². The molecule has 0 fully saturated rings. The van der Waals surface area contributed by atoms with Gasteiger partial charge in [0.05, 0.1) is 0 Å². The highest BCUT2D eigenvalue weighted by Crippen LogP contribution is 2.15. The van der Waals surface area contributed by atoms with Crippen LogP contribution in [-0.4, -0.2) is 6.54 Å². The average Bonchev–Trinajstić information content (AvgIpc) is 2.55. The highest BCUT2D eigenvalue weighted by atomic mass is 32.1. The lowest BCUT2D eigenvalue weighted by Crippen LogP contribution is -2.20. The van der Waals surface area contributed by atoms with Gasteiger partial charge in [-0.05, 0) is 48.2 Å². The summed E-state index contributed by atoms with van der Waals surface area (Å²) in [6, 6.07) is 2.70. The molecule has 2 heteroatoms. The van der Waals surface area contributed by atoms with E-state index < -0.39 is 0 Å². The Labute approximate surface area is 85.2 Å². The molecule has 0 saturated carbocycles. The fourth-order valence-corrected chi connectivity index (χ4v) is 1.98. The molecule has 1 N–H and O–H groups in total. The van der Waals surface area contributed by atoms with Crippen LogP contribution in [0.15, 0.2) is 16.8 Å². The van der Waals surface area contributed by atoms with Gasteiger partial charge >= 0.3 is 0 Å². The van der Waals surface area contributed by atoms with E-state index in [0.29, 0.717) is 6.04 Å². The Morgan fingerprint density at radius 3 is 2.69 bits per heavy atom. The zero-order chi connectivity index (χ0) is 9.68. The summed E-state index contributed by atoms with van der Waals surface area (Å²) in [6.45, 7) is 7.87. The van der Waals surface area contributed by atoms with Crippen molar-refractivity contribution >= 4 is 11.3 Å². The van der Waals surface area contributed by atoms with Crippen molar-refractivity contribution in [1.29, 1.82) is 0 Å². The first-order chi connectivity index (χ1) is 6.20. The monoisotopic (exact) mass is 197 g/mol. The van der Waals surface area contributed by atoms with Crippen LogP contribution < -0.4 is 5.32 Å². The molecule has 1 unspecified atom stereocenters. The van der Waals surface area contributed by atoms with E-state index in [-0.39, 0.29) is 0 Å². The second-order valence-electron chi connectivity index (χ2n) is 3.92. The molecular formula is C11H19NS. The molecule has 0 spiro atoms. The molecule has 0 aliphatic carbocycles. The predicted molar refractivity (Wildman–Crippen MR) is 60.2 cm³/mol. The fourth-order valence-electron chi connectivity index (χ4n) is 1.23. The Morgan fingerprint density at radius 1 is 1.38 bits per heavy atom. The van der Waals surface area contributed by atoms with Crippen LogP contribution in [0.5, 0.6) is 0 Å². The van der Waals surface area contributed by atoms with E-state index in [4.69, 9.17) is 0 Å². The predicted octanol–water partition coefficient (Wildman–Crippen LogP) is 3.44. The maximum Gasteiger partial charge on any atom is 0.0300 e. The van der Waals surface area contributed by atoms with Crippen molar-refractivity contribution in [1.82, 2.24) is 5.32 Å². The number of thiophene rings is 1. The van der Waals surface area contributed by atoms with E-state index in [9.17, 15) is 0 Å². The molecule has 0 aliphatic heterocycles. The van der Waals surface area contributed by atoms with Crippen LogP contribution >= 0.6 is 11.3 Å². The van der Waals surface area contributed by atoms with Gasteiger partial charge in [0.2, 0.25) is 0 Å².